The van der Waals surface area contributed by atoms with E-state index in [2.05, 4.69) is 19.2 Å². The van der Waals surface area contributed by atoms with Crippen LogP contribution in [0.5, 0.6) is 0 Å². The van der Waals surface area contributed by atoms with Crippen LogP contribution in [0, 0.1) is 11.6 Å². The molecule has 1 amide bonds. The maximum absolute atomic E-state index is 13.3. The first-order chi connectivity index (χ1) is 12.1. The van der Waals surface area contributed by atoms with Crippen LogP contribution >= 0.6 is 11.7 Å². The monoisotopic (exact) mass is 358 g/mol. The Balaban J connectivity index is 1.56. The molecular weight excluding hydrogens is 350 g/mol. The van der Waals surface area contributed by atoms with Crippen molar-refractivity contribution in [2.45, 2.75) is 0 Å². The van der Waals surface area contributed by atoms with Crippen molar-refractivity contribution in [3.05, 3.63) is 59.8 Å². The van der Waals surface area contributed by atoms with Gasteiger partial charge in [-0.1, -0.05) is 5.16 Å². The van der Waals surface area contributed by atoms with E-state index in [1.807, 2.05) is 0 Å². The lowest BCUT2D eigenvalue weighted by atomic mass is 10.1. The van der Waals surface area contributed by atoms with Crippen LogP contribution in [0.4, 0.5) is 14.5 Å². The van der Waals surface area contributed by atoms with Crippen LogP contribution in [0.2, 0.25) is 0 Å². The zero-order chi connectivity index (χ0) is 17.4. The minimum absolute atomic E-state index is 0.0104. The third-order valence-electron chi connectivity index (χ3n) is 3.46. The number of halogens is 2. The van der Waals surface area contributed by atoms with E-state index in [9.17, 15) is 13.6 Å². The molecule has 0 atom stereocenters. The molecule has 9 heteroatoms. The van der Waals surface area contributed by atoms with Gasteiger partial charge in [-0.25, -0.2) is 8.78 Å². The summed E-state index contributed by atoms with van der Waals surface area (Å²) in [6, 6.07) is 9.76. The van der Waals surface area contributed by atoms with Crippen molar-refractivity contribution in [3.8, 4) is 11.3 Å². The summed E-state index contributed by atoms with van der Waals surface area (Å²) in [7, 11) is 0. The number of hydrogen-bond donors (Lipinski definition) is 1. The van der Waals surface area contributed by atoms with E-state index < -0.39 is 17.5 Å². The fourth-order valence-corrected chi connectivity index (χ4v) is 2.74. The summed E-state index contributed by atoms with van der Waals surface area (Å²) in [6.07, 6.45) is 0. The van der Waals surface area contributed by atoms with Crippen LogP contribution in [0.1, 0.15) is 10.5 Å². The molecule has 0 spiro atoms. The summed E-state index contributed by atoms with van der Waals surface area (Å²) in [5.74, 6) is -2.32. The molecule has 0 fully saturated rings. The first kappa shape index (κ1) is 15.3. The van der Waals surface area contributed by atoms with Crippen LogP contribution < -0.4 is 5.32 Å². The van der Waals surface area contributed by atoms with Gasteiger partial charge < -0.3 is 9.84 Å². The highest BCUT2D eigenvalue weighted by Crippen LogP contribution is 2.23. The molecule has 124 valence electrons. The molecule has 4 aromatic rings. The second-order valence-corrected chi connectivity index (χ2v) is 5.66. The first-order valence-electron chi connectivity index (χ1n) is 7.06. The Labute approximate surface area is 143 Å². The van der Waals surface area contributed by atoms with Crippen molar-refractivity contribution in [2.75, 3.05) is 5.32 Å². The number of carbonyl (C=O) groups is 1. The molecule has 0 aliphatic rings. The Hall–Kier alpha value is -3.20. The van der Waals surface area contributed by atoms with Gasteiger partial charge in [0, 0.05) is 17.3 Å². The summed E-state index contributed by atoms with van der Waals surface area (Å²) >= 11 is 1.08. The third-order valence-corrected chi connectivity index (χ3v) is 4.02. The summed E-state index contributed by atoms with van der Waals surface area (Å²) in [6.45, 7) is 0. The molecule has 4 rings (SSSR count). The molecule has 2 heterocycles. The zero-order valence-electron chi connectivity index (χ0n) is 12.4. The number of fused-ring (bicyclic) bond motifs is 1. The van der Waals surface area contributed by atoms with Crippen molar-refractivity contribution in [2.24, 2.45) is 0 Å². The predicted molar refractivity (Wildman–Crippen MR) is 87.2 cm³/mol. The SMILES string of the molecule is O=C(Nc1ccc2nsnc2c1)c1cc(-c2ccc(F)c(F)c2)on1. The average molecular weight is 358 g/mol. The Morgan fingerprint density at radius 1 is 1.00 bits per heavy atom. The Morgan fingerprint density at radius 3 is 2.68 bits per heavy atom. The topological polar surface area (TPSA) is 80.9 Å². The summed E-state index contributed by atoms with van der Waals surface area (Å²) < 4.78 is 39.5. The molecular formula is C16H8F2N4O2S. The molecule has 0 radical (unpaired) electrons. The second kappa shape index (κ2) is 6.02. The smallest absolute Gasteiger partial charge is 0.277 e. The predicted octanol–water partition coefficient (Wildman–Crippen LogP) is 3.88. The molecule has 1 N–H and O–H groups in total. The van der Waals surface area contributed by atoms with Gasteiger partial charge in [0.15, 0.2) is 23.1 Å². The third kappa shape index (κ3) is 2.96. The van der Waals surface area contributed by atoms with Crippen molar-refractivity contribution in [1.29, 1.82) is 0 Å². The minimum Gasteiger partial charge on any atom is -0.355 e. The lowest BCUT2D eigenvalue weighted by Crippen LogP contribution is -2.12. The van der Waals surface area contributed by atoms with Crippen molar-refractivity contribution in [3.63, 3.8) is 0 Å². The molecule has 0 unspecified atom stereocenters. The lowest BCUT2D eigenvalue weighted by Gasteiger charge is -2.01. The Morgan fingerprint density at radius 2 is 1.84 bits per heavy atom. The number of hydrogen-bond acceptors (Lipinski definition) is 6. The number of carbonyl (C=O) groups excluding carboxylic acids is 1. The van der Waals surface area contributed by atoms with E-state index in [1.54, 1.807) is 18.2 Å². The van der Waals surface area contributed by atoms with Crippen molar-refractivity contribution >= 4 is 34.4 Å². The largest absolute Gasteiger partial charge is 0.355 e. The van der Waals surface area contributed by atoms with Crippen molar-refractivity contribution in [1.82, 2.24) is 13.9 Å². The van der Waals surface area contributed by atoms with E-state index in [0.717, 1.165) is 29.4 Å². The van der Waals surface area contributed by atoms with Gasteiger partial charge in [-0.3, -0.25) is 4.79 Å². The summed E-state index contributed by atoms with van der Waals surface area (Å²) in [5.41, 5.74) is 2.23. The van der Waals surface area contributed by atoms with E-state index in [1.165, 1.54) is 12.1 Å². The van der Waals surface area contributed by atoms with Gasteiger partial charge >= 0.3 is 0 Å². The van der Waals surface area contributed by atoms with E-state index >= 15 is 0 Å². The molecule has 2 aromatic carbocycles. The van der Waals surface area contributed by atoms with Gasteiger partial charge in [0.25, 0.3) is 5.91 Å². The first-order valence-corrected chi connectivity index (χ1v) is 7.79. The average Bonchev–Trinajstić information content (AvgIpc) is 3.26. The maximum Gasteiger partial charge on any atom is 0.277 e. The molecule has 0 saturated carbocycles. The van der Waals surface area contributed by atoms with E-state index in [-0.39, 0.29) is 17.0 Å². The van der Waals surface area contributed by atoms with Crippen LogP contribution in [-0.4, -0.2) is 19.8 Å². The van der Waals surface area contributed by atoms with Gasteiger partial charge in [0.05, 0.1) is 11.7 Å². The Kier molecular flexibility index (Phi) is 3.69. The van der Waals surface area contributed by atoms with Gasteiger partial charge in [0.1, 0.15) is 11.0 Å². The fourth-order valence-electron chi connectivity index (χ4n) is 2.22. The van der Waals surface area contributed by atoms with Crippen molar-refractivity contribution < 1.29 is 18.1 Å². The molecule has 0 bridgehead atoms. The van der Waals surface area contributed by atoms with E-state index in [0.29, 0.717) is 11.2 Å². The summed E-state index contributed by atoms with van der Waals surface area (Å²) in [5, 5.41) is 6.33. The highest BCUT2D eigenvalue weighted by atomic mass is 32.1. The molecule has 2 aromatic heterocycles. The van der Waals surface area contributed by atoms with Gasteiger partial charge in [0.2, 0.25) is 0 Å². The fraction of sp³-hybridized carbons (Fsp3) is 0. The quantitative estimate of drug-likeness (QED) is 0.601. The highest BCUT2D eigenvalue weighted by molar-refractivity contribution is 7.00. The minimum atomic E-state index is -1.01. The van der Waals surface area contributed by atoms with Crippen LogP contribution in [0.3, 0.4) is 0 Å². The van der Waals surface area contributed by atoms with Gasteiger partial charge in [-0.05, 0) is 36.4 Å². The summed E-state index contributed by atoms with van der Waals surface area (Å²) in [4.78, 5) is 12.3. The lowest BCUT2D eigenvalue weighted by molar-refractivity contribution is 0.101. The maximum atomic E-state index is 13.3. The van der Waals surface area contributed by atoms with Gasteiger partial charge in [-0.2, -0.15) is 8.75 Å². The number of nitrogens with zero attached hydrogens (tertiary/aromatic N) is 3. The molecule has 0 saturated heterocycles. The normalized spacial score (nSPS) is 11.0. The van der Waals surface area contributed by atoms with Crippen LogP contribution in [0.15, 0.2) is 47.0 Å². The van der Waals surface area contributed by atoms with Gasteiger partial charge in [-0.15, -0.1) is 0 Å². The number of aromatic nitrogens is 3. The number of nitrogens with one attached hydrogen (secondary N) is 1. The van der Waals surface area contributed by atoms with Crippen LogP contribution in [-0.2, 0) is 0 Å². The molecule has 6 nitrogen and oxygen atoms in total. The zero-order valence-corrected chi connectivity index (χ0v) is 13.2. The van der Waals surface area contributed by atoms with Crippen LogP contribution in [0.25, 0.3) is 22.4 Å². The molecule has 0 aliphatic heterocycles. The number of amides is 1. The standard InChI is InChI=1S/C16H8F2N4O2S/c17-10-3-1-8(5-11(10)18)15-7-14(20-24-15)16(23)19-9-2-4-12-13(6-9)22-25-21-12/h1-7H,(H,19,23). The Bertz CT molecular complexity index is 1090. The number of benzene rings is 2. The highest BCUT2D eigenvalue weighted by Gasteiger charge is 2.15. The molecule has 0 aliphatic carbocycles. The number of rotatable bonds is 3. The molecule has 25 heavy (non-hydrogen) atoms. The van der Waals surface area contributed by atoms with E-state index in [4.69, 9.17) is 4.52 Å². The second-order valence-electron chi connectivity index (χ2n) is 5.13. The number of anilines is 1.